The van der Waals surface area contributed by atoms with E-state index in [-0.39, 0.29) is 0 Å². The topological polar surface area (TPSA) is 3.24 Å². The van der Waals surface area contributed by atoms with E-state index in [1.54, 1.807) is 0 Å². The lowest BCUT2D eigenvalue weighted by atomic mass is 9.70. The van der Waals surface area contributed by atoms with Gasteiger partial charge in [-0.05, 0) is 56.8 Å². The van der Waals surface area contributed by atoms with Crippen LogP contribution in [-0.4, -0.2) is 22.5 Å². The average Bonchev–Trinajstić information content (AvgIpc) is 2.67. The van der Waals surface area contributed by atoms with E-state index in [0.717, 1.165) is 29.8 Å². The molecular weight excluding hydrogens is 218 g/mol. The second-order valence-electron chi connectivity index (χ2n) is 8.58. The smallest absolute Gasteiger partial charge is 0.0188 e. The van der Waals surface area contributed by atoms with Crippen molar-refractivity contribution in [3.8, 4) is 0 Å². The Morgan fingerprint density at radius 2 is 1.61 bits per heavy atom. The fraction of sp³-hybridized carbons (Fsp3) is 1.00. The van der Waals surface area contributed by atoms with Crippen molar-refractivity contribution in [2.24, 2.45) is 23.2 Å². The van der Waals surface area contributed by atoms with Crippen molar-refractivity contribution in [2.45, 2.75) is 85.9 Å². The highest BCUT2D eigenvalue weighted by molar-refractivity contribution is 5.12. The normalized spacial score (nSPS) is 41.7. The molecule has 0 spiro atoms. The molecule has 0 N–H and O–H groups in total. The Bertz CT molecular complexity index is 312. The minimum Gasteiger partial charge on any atom is -0.291 e. The Morgan fingerprint density at radius 1 is 1.06 bits per heavy atom. The van der Waals surface area contributed by atoms with Gasteiger partial charge in [0.15, 0.2) is 0 Å². The summed E-state index contributed by atoms with van der Waals surface area (Å²) in [6.07, 6.45) is 2.70. The van der Waals surface area contributed by atoms with Gasteiger partial charge >= 0.3 is 0 Å². The molecule has 1 saturated heterocycles. The molecule has 0 amide bonds. The first kappa shape index (κ1) is 14.4. The molecule has 106 valence electrons. The largest absolute Gasteiger partial charge is 0.291 e. The molecule has 1 saturated carbocycles. The van der Waals surface area contributed by atoms with Crippen molar-refractivity contribution >= 4 is 0 Å². The van der Waals surface area contributed by atoms with Gasteiger partial charge in [0, 0.05) is 17.6 Å². The molecule has 2 aliphatic rings. The van der Waals surface area contributed by atoms with E-state index in [4.69, 9.17) is 0 Å². The van der Waals surface area contributed by atoms with Gasteiger partial charge in [0.25, 0.3) is 0 Å². The summed E-state index contributed by atoms with van der Waals surface area (Å²) in [5.41, 5.74) is 0.751. The highest BCUT2D eigenvalue weighted by atomic mass is 15.3. The maximum Gasteiger partial charge on any atom is 0.0188 e. The van der Waals surface area contributed by atoms with Crippen LogP contribution in [0.1, 0.15) is 68.2 Å². The molecule has 0 aromatic carbocycles. The standard InChI is InChI=1S/C17H33N/c1-9-17(7,8)15-14-11(2)10-13(12(14)3)18(15)16(4,5)6/h11-15H,9-10H2,1-8H3. The molecule has 5 unspecified atom stereocenters. The summed E-state index contributed by atoms with van der Waals surface area (Å²) >= 11 is 0. The van der Waals surface area contributed by atoms with Gasteiger partial charge < -0.3 is 0 Å². The zero-order chi connectivity index (χ0) is 13.9. The van der Waals surface area contributed by atoms with Gasteiger partial charge in [-0.1, -0.05) is 34.6 Å². The number of nitrogens with zero attached hydrogens (tertiary/aromatic N) is 1. The predicted molar refractivity (Wildman–Crippen MR) is 79.7 cm³/mol. The summed E-state index contributed by atoms with van der Waals surface area (Å²) in [6.45, 7) is 19.5. The van der Waals surface area contributed by atoms with Gasteiger partial charge in [-0.3, -0.25) is 4.90 Å². The summed E-state index contributed by atoms with van der Waals surface area (Å²) in [7, 11) is 0. The quantitative estimate of drug-likeness (QED) is 0.695. The van der Waals surface area contributed by atoms with Gasteiger partial charge in [-0.2, -0.15) is 0 Å². The summed E-state index contributed by atoms with van der Waals surface area (Å²) < 4.78 is 0. The van der Waals surface area contributed by atoms with E-state index in [2.05, 4.69) is 60.3 Å². The zero-order valence-corrected chi connectivity index (χ0v) is 13.7. The number of piperidine rings is 1. The fourth-order valence-electron chi connectivity index (χ4n) is 4.91. The van der Waals surface area contributed by atoms with Crippen LogP contribution in [0.4, 0.5) is 0 Å². The lowest BCUT2D eigenvalue weighted by Gasteiger charge is -2.52. The first-order valence-electron chi connectivity index (χ1n) is 7.89. The molecule has 0 aromatic rings. The average molecular weight is 251 g/mol. The lowest BCUT2D eigenvalue weighted by molar-refractivity contribution is -0.0329. The Kier molecular flexibility index (Phi) is 3.38. The SMILES string of the molecule is CCC(C)(C)C1C2C(C)CC(C2C)N1C(C)(C)C. The molecule has 2 rings (SSSR count). The third kappa shape index (κ3) is 1.94. The maximum atomic E-state index is 2.88. The van der Waals surface area contributed by atoms with Gasteiger partial charge in [-0.15, -0.1) is 0 Å². The molecule has 2 fully saturated rings. The molecule has 1 heterocycles. The highest BCUT2D eigenvalue weighted by Crippen LogP contribution is 2.57. The molecule has 5 atom stereocenters. The first-order chi connectivity index (χ1) is 8.11. The molecular formula is C17H33N. The van der Waals surface area contributed by atoms with Crippen molar-refractivity contribution < 1.29 is 0 Å². The molecule has 1 aliphatic carbocycles. The van der Waals surface area contributed by atoms with Crippen molar-refractivity contribution in [3.63, 3.8) is 0 Å². The second kappa shape index (κ2) is 4.23. The fourth-order valence-corrected chi connectivity index (χ4v) is 4.91. The van der Waals surface area contributed by atoms with Crippen LogP contribution in [0.3, 0.4) is 0 Å². The van der Waals surface area contributed by atoms with Crippen molar-refractivity contribution in [1.29, 1.82) is 0 Å². The van der Waals surface area contributed by atoms with Crippen molar-refractivity contribution in [1.82, 2.24) is 4.90 Å². The Balaban J connectivity index is 2.40. The third-order valence-corrected chi connectivity index (χ3v) is 5.99. The zero-order valence-electron chi connectivity index (χ0n) is 13.7. The molecule has 1 aliphatic heterocycles. The Morgan fingerprint density at radius 3 is 2.06 bits per heavy atom. The summed E-state index contributed by atoms with van der Waals surface area (Å²) in [4.78, 5) is 2.88. The predicted octanol–water partition coefficient (Wildman–Crippen LogP) is 4.57. The number of hydrogen-bond acceptors (Lipinski definition) is 1. The maximum absolute atomic E-state index is 2.88. The molecule has 1 nitrogen and oxygen atoms in total. The van der Waals surface area contributed by atoms with E-state index in [1.807, 2.05) is 0 Å². The van der Waals surface area contributed by atoms with Crippen LogP contribution in [-0.2, 0) is 0 Å². The highest BCUT2D eigenvalue weighted by Gasteiger charge is 2.60. The Hall–Kier alpha value is -0.0400. The van der Waals surface area contributed by atoms with Crippen LogP contribution in [0.5, 0.6) is 0 Å². The van der Waals surface area contributed by atoms with Gasteiger partial charge in [0.1, 0.15) is 0 Å². The minimum absolute atomic E-state index is 0.310. The number of hydrogen-bond donors (Lipinski definition) is 0. The van der Waals surface area contributed by atoms with E-state index >= 15 is 0 Å². The molecule has 1 heteroatoms. The second-order valence-corrected chi connectivity index (χ2v) is 8.58. The van der Waals surface area contributed by atoms with E-state index in [0.29, 0.717) is 11.0 Å². The molecule has 0 radical (unpaired) electrons. The van der Waals surface area contributed by atoms with E-state index in [1.165, 1.54) is 12.8 Å². The van der Waals surface area contributed by atoms with Gasteiger partial charge in [-0.25, -0.2) is 0 Å². The van der Waals surface area contributed by atoms with Crippen molar-refractivity contribution in [2.75, 3.05) is 0 Å². The summed E-state index contributed by atoms with van der Waals surface area (Å²) in [6, 6.07) is 1.59. The lowest BCUT2D eigenvalue weighted by Crippen LogP contribution is -2.58. The molecule has 2 bridgehead atoms. The number of likely N-dealkylation sites (tertiary alicyclic amines) is 1. The van der Waals surface area contributed by atoms with Crippen LogP contribution in [0.15, 0.2) is 0 Å². The van der Waals surface area contributed by atoms with Crippen LogP contribution in [0, 0.1) is 23.2 Å². The minimum atomic E-state index is 0.310. The van der Waals surface area contributed by atoms with Crippen LogP contribution < -0.4 is 0 Å². The summed E-state index contributed by atoms with van der Waals surface area (Å²) in [5.74, 6) is 2.71. The van der Waals surface area contributed by atoms with Crippen LogP contribution in [0.2, 0.25) is 0 Å². The monoisotopic (exact) mass is 251 g/mol. The molecule has 18 heavy (non-hydrogen) atoms. The van der Waals surface area contributed by atoms with Crippen molar-refractivity contribution in [3.05, 3.63) is 0 Å². The van der Waals surface area contributed by atoms with E-state index in [9.17, 15) is 0 Å². The first-order valence-corrected chi connectivity index (χ1v) is 7.89. The number of fused-ring (bicyclic) bond motifs is 2. The third-order valence-electron chi connectivity index (χ3n) is 5.99. The Labute approximate surface area is 114 Å². The number of rotatable bonds is 2. The van der Waals surface area contributed by atoms with Gasteiger partial charge in [0.2, 0.25) is 0 Å². The van der Waals surface area contributed by atoms with Crippen LogP contribution in [0.25, 0.3) is 0 Å². The molecule has 0 aromatic heterocycles. The van der Waals surface area contributed by atoms with E-state index < -0.39 is 0 Å². The van der Waals surface area contributed by atoms with Crippen LogP contribution >= 0.6 is 0 Å². The summed E-state index contributed by atoms with van der Waals surface area (Å²) in [5, 5.41) is 0. The van der Waals surface area contributed by atoms with Gasteiger partial charge in [0.05, 0.1) is 0 Å².